The molecular weight excluding hydrogens is 261 g/mol. The van der Waals surface area contributed by atoms with E-state index in [2.05, 4.69) is 0 Å². The molecule has 0 saturated carbocycles. The zero-order valence-corrected chi connectivity index (χ0v) is 10.1. The lowest BCUT2D eigenvalue weighted by Crippen LogP contribution is -2.06. The normalized spacial score (nSPS) is 11.6. The van der Waals surface area contributed by atoms with Gasteiger partial charge in [0.05, 0.1) is 10.6 Å². The third-order valence-electron chi connectivity index (χ3n) is 2.59. The quantitative estimate of drug-likeness (QED) is 0.724. The Kier molecular flexibility index (Phi) is 3.62. The third kappa shape index (κ3) is 3.05. The van der Waals surface area contributed by atoms with Crippen LogP contribution in [0.2, 0.25) is 5.02 Å². The highest BCUT2D eigenvalue weighted by Crippen LogP contribution is 2.35. The standard InChI is InChI=1S/C14H10ClF3/c15-13-7-6-11(9-12(13)14(16,17)18)8-10-4-2-1-3-5-10/h1-7,9H,8H2. The van der Waals surface area contributed by atoms with Crippen LogP contribution >= 0.6 is 11.6 Å². The maximum atomic E-state index is 12.7. The Morgan fingerprint density at radius 1 is 0.889 bits per heavy atom. The molecule has 0 unspecified atom stereocenters. The first kappa shape index (κ1) is 13.0. The zero-order valence-electron chi connectivity index (χ0n) is 9.34. The van der Waals surface area contributed by atoms with E-state index in [1.54, 1.807) is 6.07 Å². The highest BCUT2D eigenvalue weighted by molar-refractivity contribution is 6.31. The van der Waals surface area contributed by atoms with Crippen molar-refractivity contribution in [3.05, 3.63) is 70.2 Å². The molecule has 0 amide bonds. The van der Waals surface area contributed by atoms with Gasteiger partial charge in [-0.05, 0) is 29.7 Å². The number of benzene rings is 2. The lowest BCUT2D eigenvalue weighted by Gasteiger charge is -2.11. The smallest absolute Gasteiger partial charge is 0.166 e. The summed E-state index contributed by atoms with van der Waals surface area (Å²) in [4.78, 5) is 0. The minimum Gasteiger partial charge on any atom is -0.166 e. The lowest BCUT2D eigenvalue weighted by molar-refractivity contribution is -0.137. The van der Waals surface area contributed by atoms with E-state index in [1.807, 2.05) is 30.3 Å². The average Bonchev–Trinajstić information content (AvgIpc) is 2.31. The summed E-state index contributed by atoms with van der Waals surface area (Å²) in [5.41, 5.74) is 0.781. The van der Waals surface area contributed by atoms with Crippen LogP contribution in [0.25, 0.3) is 0 Å². The van der Waals surface area contributed by atoms with E-state index in [4.69, 9.17) is 11.6 Å². The van der Waals surface area contributed by atoms with Crippen molar-refractivity contribution in [3.63, 3.8) is 0 Å². The van der Waals surface area contributed by atoms with Gasteiger partial charge in [0.25, 0.3) is 0 Å². The summed E-state index contributed by atoms with van der Waals surface area (Å²) in [5.74, 6) is 0. The second kappa shape index (κ2) is 5.02. The van der Waals surface area contributed by atoms with Gasteiger partial charge in [-0.1, -0.05) is 48.0 Å². The fourth-order valence-corrected chi connectivity index (χ4v) is 1.96. The molecule has 0 atom stereocenters. The van der Waals surface area contributed by atoms with Crippen LogP contribution in [0, 0.1) is 0 Å². The van der Waals surface area contributed by atoms with Gasteiger partial charge in [-0.2, -0.15) is 13.2 Å². The van der Waals surface area contributed by atoms with Crippen molar-refractivity contribution in [2.45, 2.75) is 12.6 Å². The summed E-state index contributed by atoms with van der Waals surface area (Å²) in [7, 11) is 0. The summed E-state index contributed by atoms with van der Waals surface area (Å²) in [6.07, 6.45) is -3.95. The van der Waals surface area contributed by atoms with Crippen LogP contribution in [-0.4, -0.2) is 0 Å². The molecule has 0 aliphatic rings. The number of halogens is 4. The van der Waals surface area contributed by atoms with Gasteiger partial charge < -0.3 is 0 Å². The average molecular weight is 271 g/mol. The predicted molar refractivity (Wildman–Crippen MR) is 65.7 cm³/mol. The second-order valence-corrected chi connectivity index (χ2v) is 4.38. The van der Waals surface area contributed by atoms with Crippen molar-refractivity contribution >= 4 is 11.6 Å². The number of alkyl halides is 3. The SMILES string of the molecule is FC(F)(F)c1cc(Cc2ccccc2)ccc1Cl. The Labute approximate surface area is 108 Å². The fraction of sp³-hybridized carbons (Fsp3) is 0.143. The summed E-state index contributed by atoms with van der Waals surface area (Å²) >= 11 is 5.56. The van der Waals surface area contributed by atoms with Gasteiger partial charge in [0.15, 0.2) is 0 Å². The van der Waals surface area contributed by atoms with E-state index in [0.29, 0.717) is 12.0 Å². The van der Waals surface area contributed by atoms with Crippen molar-refractivity contribution < 1.29 is 13.2 Å². The molecule has 0 N–H and O–H groups in total. The monoisotopic (exact) mass is 270 g/mol. The minimum absolute atomic E-state index is 0.265. The molecule has 0 aliphatic heterocycles. The van der Waals surface area contributed by atoms with Gasteiger partial charge >= 0.3 is 6.18 Å². The van der Waals surface area contributed by atoms with Crippen molar-refractivity contribution in [2.75, 3.05) is 0 Å². The van der Waals surface area contributed by atoms with Gasteiger partial charge in [-0.25, -0.2) is 0 Å². The lowest BCUT2D eigenvalue weighted by atomic mass is 10.0. The van der Waals surface area contributed by atoms with E-state index >= 15 is 0 Å². The Balaban J connectivity index is 2.31. The van der Waals surface area contributed by atoms with E-state index < -0.39 is 11.7 Å². The molecule has 0 heterocycles. The first-order valence-electron chi connectivity index (χ1n) is 5.36. The predicted octanol–water partition coefficient (Wildman–Crippen LogP) is 4.95. The highest BCUT2D eigenvalue weighted by atomic mass is 35.5. The van der Waals surface area contributed by atoms with Crippen molar-refractivity contribution in [2.24, 2.45) is 0 Å². The first-order chi connectivity index (χ1) is 8.47. The topological polar surface area (TPSA) is 0 Å². The summed E-state index contributed by atoms with van der Waals surface area (Å²) in [5, 5.41) is -0.265. The highest BCUT2D eigenvalue weighted by Gasteiger charge is 2.33. The molecule has 0 saturated heterocycles. The van der Waals surface area contributed by atoms with Crippen molar-refractivity contribution in [1.29, 1.82) is 0 Å². The minimum atomic E-state index is -4.41. The van der Waals surface area contributed by atoms with Crippen LogP contribution in [0.4, 0.5) is 13.2 Å². The maximum Gasteiger partial charge on any atom is 0.417 e. The first-order valence-corrected chi connectivity index (χ1v) is 5.74. The Morgan fingerprint density at radius 2 is 1.56 bits per heavy atom. The van der Waals surface area contributed by atoms with Crippen LogP contribution in [0.3, 0.4) is 0 Å². The van der Waals surface area contributed by atoms with Gasteiger partial charge in [0.2, 0.25) is 0 Å². The third-order valence-corrected chi connectivity index (χ3v) is 2.92. The van der Waals surface area contributed by atoms with Crippen LogP contribution in [-0.2, 0) is 12.6 Å². The molecule has 94 valence electrons. The van der Waals surface area contributed by atoms with Crippen LogP contribution in [0.1, 0.15) is 16.7 Å². The molecule has 2 rings (SSSR count). The van der Waals surface area contributed by atoms with Crippen LogP contribution in [0.15, 0.2) is 48.5 Å². The molecule has 0 spiro atoms. The van der Waals surface area contributed by atoms with E-state index in [9.17, 15) is 13.2 Å². The van der Waals surface area contributed by atoms with E-state index in [1.165, 1.54) is 6.07 Å². The summed E-state index contributed by atoms with van der Waals surface area (Å²) < 4.78 is 38.0. The second-order valence-electron chi connectivity index (χ2n) is 3.97. The Bertz CT molecular complexity index is 532. The Hall–Kier alpha value is -1.48. The molecular formula is C14H10ClF3. The van der Waals surface area contributed by atoms with Gasteiger partial charge in [-0.15, -0.1) is 0 Å². The molecule has 0 aromatic heterocycles. The van der Waals surface area contributed by atoms with Gasteiger partial charge in [0, 0.05) is 0 Å². The molecule has 4 heteroatoms. The van der Waals surface area contributed by atoms with Crippen LogP contribution < -0.4 is 0 Å². The van der Waals surface area contributed by atoms with Crippen LogP contribution in [0.5, 0.6) is 0 Å². The van der Waals surface area contributed by atoms with Crippen molar-refractivity contribution in [1.82, 2.24) is 0 Å². The fourth-order valence-electron chi connectivity index (χ4n) is 1.73. The molecule has 0 nitrogen and oxygen atoms in total. The maximum absolute atomic E-state index is 12.7. The number of hydrogen-bond acceptors (Lipinski definition) is 0. The van der Waals surface area contributed by atoms with E-state index in [0.717, 1.165) is 11.6 Å². The molecule has 18 heavy (non-hydrogen) atoms. The summed E-state index contributed by atoms with van der Waals surface area (Å²) in [6.45, 7) is 0. The number of rotatable bonds is 2. The summed E-state index contributed by atoms with van der Waals surface area (Å²) in [6, 6.07) is 13.4. The Morgan fingerprint density at radius 3 is 2.17 bits per heavy atom. The zero-order chi connectivity index (χ0) is 13.2. The van der Waals surface area contributed by atoms with Crippen molar-refractivity contribution in [3.8, 4) is 0 Å². The molecule has 0 bridgehead atoms. The van der Waals surface area contributed by atoms with E-state index in [-0.39, 0.29) is 5.02 Å². The molecule has 0 radical (unpaired) electrons. The molecule has 2 aromatic rings. The largest absolute Gasteiger partial charge is 0.417 e. The molecule has 0 aliphatic carbocycles. The van der Waals surface area contributed by atoms with Gasteiger partial charge in [0.1, 0.15) is 0 Å². The molecule has 2 aromatic carbocycles. The molecule has 0 fully saturated rings. The van der Waals surface area contributed by atoms with Gasteiger partial charge in [-0.3, -0.25) is 0 Å². The number of hydrogen-bond donors (Lipinski definition) is 0.